The highest BCUT2D eigenvalue weighted by atomic mass is 31.0. The zero-order valence-corrected chi connectivity index (χ0v) is 23.2. The van der Waals surface area contributed by atoms with Crippen molar-refractivity contribution in [3.63, 3.8) is 0 Å². The Labute approximate surface area is 214 Å². The molecule has 0 radical (unpaired) electrons. The van der Waals surface area contributed by atoms with Crippen molar-refractivity contribution in [1.82, 2.24) is 0 Å². The monoisotopic (exact) mass is 509 g/mol. The van der Waals surface area contributed by atoms with Crippen LogP contribution in [0.2, 0.25) is 0 Å². The number of methoxy groups -OCH3 is 2. The second-order valence-electron chi connectivity index (χ2n) is 9.27. The number of Topliss-reactive ketones (excluding diaryl/α,β-unsaturated/α-hetero) is 1. The number of benzene rings is 1. The molecule has 0 aliphatic heterocycles. The molecular weight excluding hydrogens is 463 g/mol. The highest BCUT2D eigenvalue weighted by Crippen LogP contribution is 2.38. The molecule has 1 fully saturated rings. The Hall–Kier alpha value is -1.94. The van der Waals surface area contributed by atoms with Gasteiger partial charge in [0.1, 0.15) is 23.0 Å². The van der Waals surface area contributed by atoms with Gasteiger partial charge in [-0.3, -0.25) is 9.59 Å². The smallest absolute Gasteiger partial charge is 0.317 e. The average molecular weight is 510 g/mol. The molecule has 0 saturated heterocycles. The Morgan fingerprint density at radius 3 is 1.83 bits per heavy atom. The third-order valence-corrected chi connectivity index (χ3v) is 6.82. The number of carbonyl (C=O) groups is 2. The number of hydrogen-bond acceptors (Lipinski definition) is 6. The van der Waals surface area contributed by atoms with Crippen LogP contribution in [0.3, 0.4) is 0 Å². The normalized spacial score (nSPS) is 14.0. The summed E-state index contributed by atoms with van der Waals surface area (Å²) in [6, 6.07) is 5.25. The summed E-state index contributed by atoms with van der Waals surface area (Å²) in [5.74, 6) is -0.539. The van der Waals surface area contributed by atoms with Crippen LogP contribution in [0.25, 0.3) is 0 Å². The Morgan fingerprint density at radius 2 is 1.34 bits per heavy atom. The van der Waals surface area contributed by atoms with Crippen LogP contribution in [0.1, 0.15) is 107 Å². The molecule has 0 amide bonds. The first-order valence-corrected chi connectivity index (χ1v) is 13.8. The number of esters is 1. The first kappa shape index (κ1) is 31.1. The van der Waals surface area contributed by atoms with E-state index >= 15 is 0 Å². The summed E-state index contributed by atoms with van der Waals surface area (Å²) in [4.78, 5) is 26.7. The van der Waals surface area contributed by atoms with Gasteiger partial charge in [-0.15, -0.1) is 0 Å². The summed E-state index contributed by atoms with van der Waals surface area (Å²) in [6.07, 6.45) is 16.1. The van der Waals surface area contributed by atoms with E-state index in [4.69, 9.17) is 18.8 Å². The number of ketones is 1. The molecule has 198 valence electrons. The van der Waals surface area contributed by atoms with E-state index in [1.165, 1.54) is 74.7 Å². The minimum absolute atomic E-state index is 0.0207. The van der Waals surface area contributed by atoms with Gasteiger partial charge in [-0.2, -0.15) is 0 Å². The van der Waals surface area contributed by atoms with Crippen molar-refractivity contribution in [1.29, 1.82) is 0 Å². The maximum Gasteiger partial charge on any atom is 0.317 e. The average Bonchev–Trinajstić information content (AvgIpc) is 3.42. The van der Waals surface area contributed by atoms with Crippen molar-refractivity contribution < 1.29 is 28.4 Å². The molecule has 2 atom stereocenters. The van der Waals surface area contributed by atoms with Crippen molar-refractivity contribution in [2.45, 2.75) is 96.8 Å². The van der Waals surface area contributed by atoms with Crippen molar-refractivity contribution in [3.05, 3.63) is 23.8 Å². The van der Waals surface area contributed by atoms with Crippen LogP contribution in [0, 0.1) is 11.8 Å². The van der Waals surface area contributed by atoms with Gasteiger partial charge in [0.15, 0.2) is 5.78 Å². The van der Waals surface area contributed by atoms with Gasteiger partial charge >= 0.3 is 15.1 Å². The molecule has 0 N–H and O–H groups in total. The van der Waals surface area contributed by atoms with E-state index < -0.39 is 11.9 Å². The number of hydrogen-bond donors (Lipinski definition) is 0. The number of carbonyl (C=O) groups excluding carboxylic acids is 2. The molecule has 1 aromatic rings. The lowest BCUT2D eigenvalue weighted by molar-refractivity contribution is -0.148. The molecule has 2 rings (SSSR count). The summed E-state index contributed by atoms with van der Waals surface area (Å²) < 4.78 is 24.6. The summed E-state index contributed by atoms with van der Waals surface area (Å²) in [5, 5.41) is 0. The predicted octanol–water partition coefficient (Wildman–Crippen LogP) is 7.36. The third-order valence-electron chi connectivity index (χ3n) is 6.82. The first-order chi connectivity index (χ1) is 17.1. The minimum atomic E-state index is -0.791. The molecule has 35 heavy (non-hydrogen) atoms. The number of rotatable bonds is 17. The van der Waals surface area contributed by atoms with E-state index in [9.17, 15) is 9.59 Å². The summed E-state index contributed by atoms with van der Waals surface area (Å²) in [6.45, 7) is 2.63. The van der Waals surface area contributed by atoms with Crippen LogP contribution in [-0.4, -0.2) is 32.6 Å². The number of ether oxygens (including phenoxy) is 3. The Morgan fingerprint density at radius 1 is 0.857 bits per heavy atom. The van der Waals surface area contributed by atoms with Crippen LogP contribution >= 0.6 is 9.12 Å². The van der Waals surface area contributed by atoms with Gasteiger partial charge in [-0.1, -0.05) is 88.2 Å². The second-order valence-corrected chi connectivity index (χ2v) is 9.27. The van der Waals surface area contributed by atoms with Crippen LogP contribution in [-0.2, 0) is 14.1 Å². The van der Waals surface area contributed by atoms with Crippen molar-refractivity contribution in [3.8, 4) is 11.5 Å². The lowest BCUT2D eigenvalue weighted by Crippen LogP contribution is -2.33. The number of unbranched alkanes of at least 4 members (excludes halogenated alkanes) is 9. The highest BCUT2D eigenvalue weighted by Gasteiger charge is 2.40. The van der Waals surface area contributed by atoms with E-state index in [0.29, 0.717) is 23.7 Å². The Kier molecular flexibility index (Phi) is 17.1. The van der Waals surface area contributed by atoms with Crippen molar-refractivity contribution in [2.24, 2.45) is 11.8 Å². The summed E-state index contributed by atoms with van der Waals surface area (Å²) in [7, 11) is 4.22. The van der Waals surface area contributed by atoms with Gasteiger partial charge in [0, 0.05) is 0 Å². The Balaban J connectivity index is 0.00000298. The van der Waals surface area contributed by atoms with Gasteiger partial charge in [0.05, 0.1) is 20.8 Å². The fraction of sp³-hybridized carbons (Fsp3) is 0.714. The van der Waals surface area contributed by atoms with E-state index in [-0.39, 0.29) is 11.7 Å². The maximum atomic E-state index is 13.6. The highest BCUT2D eigenvalue weighted by molar-refractivity contribution is 7.00. The summed E-state index contributed by atoms with van der Waals surface area (Å²) in [5.41, 5.74) is 0.343. The topological polar surface area (TPSA) is 78.9 Å². The van der Waals surface area contributed by atoms with Gasteiger partial charge in [-0.05, 0) is 37.3 Å². The molecular formula is C28H46O6P+. The first-order valence-electron chi connectivity index (χ1n) is 13.3. The van der Waals surface area contributed by atoms with Crippen LogP contribution in [0.5, 0.6) is 11.5 Å². The van der Waals surface area contributed by atoms with Gasteiger partial charge in [0.2, 0.25) is 0 Å². The molecule has 1 aromatic carbocycles. The van der Waals surface area contributed by atoms with E-state index in [1.807, 2.05) is 0 Å². The second kappa shape index (κ2) is 19.3. The SMILES string of the molecule is CCCCCCCCCCCCOC(=O)C(C(=O)c1c(OC)cccc1OC)C1CCCC1.O=[PH2+]. The lowest BCUT2D eigenvalue weighted by Gasteiger charge is -2.22. The molecule has 0 aromatic heterocycles. The quantitative estimate of drug-likeness (QED) is 0.0717. The van der Waals surface area contributed by atoms with Crippen LogP contribution in [0.15, 0.2) is 18.2 Å². The van der Waals surface area contributed by atoms with Crippen molar-refractivity contribution >= 4 is 20.9 Å². The fourth-order valence-corrected chi connectivity index (χ4v) is 4.91. The van der Waals surface area contributed by atoms with Crippen LogP contribution < -0.4 is 9.47 Å². The molecule has 0 heterocycles. The van der Waals surface area contributed by atoms with Crippen LogP contribution in [0.4, 0.5) is 0 Å². The molecule has 0 spiro atoms. The molecule has 1 aliphatic rings. The zero-order chi connectivity index (χ0) is 25.9. The largest absolute Gasteiger partial charge is 0.496 e. The third kappa shape index (κ3) is 10.7. The molecule has 7 heteroatoms. The molecule has 1 saturated carbocycles. The van der Waals surface area contributed by atoms with E-state index in [2.05, 4.69) is 6.92 Å². The molecule has 1 aliphatic carbocycles. The van der Waals surface area contributed by atoms with Crippen molar-refractivity contribution in [2.75, 3.05) is 20.8 Å². The zero-order valence-electron chi connectivity index (χ0n) is 22.0. The maximum absolute atomic E-state index is 13.6. The molecule has 0 bridgehead atoms. The van der Waals surface area contributed by atoms with E-state index in [0.717, 1.165) is 38.5 Å². The van der Waals surface area contributed by atoms with Gasteiger partial charge in [0.25, 0.3) is 0 Å². The fourth-order valence-electron chi connectivity index (χ4n) is 4.91. The van der Waals surface area contributed by atoms with Gasteiger partial charge in [-0.25, -0.2) is 0 Å². The minimum Gasteiger partial charge on any atom is -0.496 e. The lowest BCUT2D eigenvalue weighted by atomic mass is 9.84. The molecule has 2 unspecified atom stereocenters. The summed E-state index contributed by atoms with van der Waals surface area (Å²) >= 11 is 0. The molecule has 6 nitrogen and oxygen atoms in total. The Bertz CT molecular complexity index is 710. The van der Waals surface area contributed by atoms with E-state index in [1.54, 1.807) is 18.2 Å². The predicted molar refractivity (Wildman–Crippen MR) is 143 cm³/mol. The van der Waals surface area contributed by atoms with Gasteiger partial charge < -0.3 is 14.2 Å². The standard InChI is InChI=1S/C28H44O5.H2OP/c1-4-5-6-7-8-9-10-11-12-15-21-33-28(30)25(22-17-13-14-18-22)27(29)26-23(31-2)19-16-20-24(26)32-3;1-2/h16,19-20,22,25H,4-15,17-18,21H2,1-3H3;2H2/q;+1.